The first-order valence-electron chi connectivity index (χ1n) is 7.13. The molecule has 0 saturated heterocycles. The molecule has 0 radical (unpaired) electrons. The molecule has 0 aliphatic heterocycles. The molecule has 18 heavy (non-hydrogen) atoms. The molecule has 2 nitrogen and oxygen atoms in total. The number of phenols is 1. The summed E-state index contributed by atoms with van der Waals surface area (Å²) < 4.78 is 0. The van der Waals surface area contributed by atoms with E-state index < -0.39 is 0 Å². The molecule has 1 fully saturated rings. The minimum absolute atomic E-state index is 0.408. The predicted molar refractivity (Wildman–Crippen MR) is 75.7 cm³/mol. The predicted octanol–water partition coefficient (Wildman–Crippen LogP) is 3.61. The van der Waals surface area contributed by atoms with Gasteiger partial charge in [0.1, 0.15) is 5.75 Å². The van der Waals surface area contributed by atoms with E-state index in [1.807, 2.05) is 6.07 Å². The fourth-order valence-corrected chi connectivity index (χ4v) is 3.21. The SMILES string of the molecule is CCC1CCC(NCc2cc(C)ccc2O)C1C. The maximum absolute atomic E-state index is 9.83. The maximum Gasteiger partial charge on any atom is 0.120 e. The average molecular weight is 247 g/mol. The van der Waals surface area contributed by atoms with Crippen molar-refractivity contribution in [1.82, 2.24) is 5.32 Å². The van der Waals surface area contributed by atoms with E-state index >= 15 is 0 Å². The van der Waals surface area contributed by atoms with Crippen molar-refractivity contribution >= 4 is 0 Å². The van der Waals surface area contributed by atoms with Crippen molar-refractivity contribution in [3.05, 3.63) is 29.3 Å². The van der Waals surface area contributed by atoms with Gasteiger partial charge in [0.2, 0.25) is 0 Å². The molecule has 1 aromatic carbocycles. The summed E-state index contributed by atoms with van der Waals surface area (Å²) in [4.78, 5) is 0. The Bertz CT molecular complexity index is 402. The number of nitrogens with one attached hydrogen (secondary N) is 1. The Balaban J connectivity index is 1.94. The normalized spacial score (nSPS) is 27.6. The second kappa shape index (κ2) is 5.75. The first-order chi connectivity index (χ1) is 8.61. The molecule has 0 heterocycles. The molecule has 0 amide bonds. The monoisotopic (exact) mass is 247 g/mol. The van der Waals surface area contributed by atoms with Gasteiger partial charge in [-0.1, -0.05) is 38.0 Å². The molecule has 2 heteroatoms. The molecule has 1 aliphatic rings. The van der Waals surface area contributed by atoms with Crippen LogP contribution in [0.3, 0.4) is 0 Å². The summed E-state index contributed by atoms with van der Waals surface area (Å²) in [6.45, 7) is 7.48. The zero-order chi connectivity index (χ0) is 13.1. The molecule has 3 unspecified atom stereocenters. The highest BCUT2D eigenvalue weighted by atomic mass is 16.3. The lowest BCUT2D eigenvalue weighted by Crippen LogP contribution is -2.32. The van der Waals surface area contributed by atoms with E-state index in [0.29, 0.717) is 11.8 Å². The lowest BCUT2D eigenvalue weighted by atomic mass is 9.93. The van der Waals surface area contributed by atoms with Crippen LogP contribution in [0.4, 0.5) is 0 Å². The van der Waals surface area contributed by atoms with Crippen LogP contribution in [0.2, 0.25) is 0 Å². The first-order valence-corrected chi connectivity index (χ1v) is 7.13. The number of hydrogen-bond acceptors (Lipinski definition) is 2. The van der Waals surface area contributed by atoms with Crippen molar-refractivity contribution in [3.8, 4) is 5.75 Å². The zero-order valence-corrected chi connectivity index (χ0v) is 11.7. The van der Waals surface area contributed by atoms with Crippen molar-refractivity contribution in [2.75, 3.05) is 0 Å². The molecule has 1 aromatic rings. The number of aromatic hydroxyl groups is 1. The number of phenolic OH excluding ortho intramolecular Hbond substituents is 1. The largest absolute Gasteiger partial charge is 0.508 e. The van der Waals surface area contributed by atoms with Gasteiger partial charge in [-0.25, -0.2) is 0 Å². The molecule has 0 aromatic heterocycles. The van der Waals surface area contributed by atoms with Gasteiger partial charge in [0, 0.05) is 18.2 Å². The summed E-state index contributed by atoms with van der Waals surface area (Å²) in [6.07, 6.45) is 3.90. The van der Waals surface area contributed by atoms with Gasteiger partial charge in [-0.3, -0.25) is 0 Å². The summed E-state index contributed by atoms with van der Waals surface area (Å²) in [5, 5.41) is 13.5. The molecule has 0 spiro atoms. The van der Waals surface area contributed by atoms with Crippen LogP contribution in [0.1, 0.15) is 44.2 Å². The summed E-state index contributed by atoms with van der Waals surface area (Å²) >= 11 is 0. The Morgan fingerprint density at radius 3 is 2.78 bits per heavy atom. The smallest absolute Gasteiger partial charge is 0.120 e. The third-order valence-electron chi connectivity index (χ3n) is 4.54. The molecule has 2 rings (SSSR count). The Hall–Kier alpha value is -1.02. The highest BCUT2D eigenvalue weighted by Gasteiger charge is 2.30. The third-order valence-corrected chi connectivity index (χ3v) is 4.54. The Kier molecular flexibility index (Phi) is 4.28. The van der Waals surface area contributed by atoms with E-state index in [1.54, 1.807) is 6.07 Å². The van der Waals surface area contributed by atoms with Crippen molar-refractivity contribution in [1.29, 1.82) is 0 Å². The van der Waals surface area contributed by atoms with Crippen LogP contribution in [-0.2, 0) is 6.54 Å². The molecular formula is C16H25NO. The number of hydrogen-bond donors (Lipinski definition) is 2. The third kappa shape index (κ3) is 2.86. The highest BCUT2D eigenvalue weighted by molar-refractivity contribution is 5.35. The molecule has 1 saturated carbocycles. The van der Waals surface area contributed by atoms with Gasteiger partial charge >= 0.3 is 0 Å². The Labute approximate surface area is 110 Å². The number of aryl methyl sites for hydroxylation is 1. The lowest BCUT2D eigenvalue weighted by Gasteiger charge is -2.21. The average Bonchev–Trinajstić information content (AvgIpc) is 2.71. The standard InChI is InChI=1S/C16H25NO/c1-4-13-6-7-15(12(13)3)17-10-14-9-11(2)5-8-16(14)18/h5,8-9,12-13,15,17-18H,4,6-7,10H2,1-3H3. The van der Waals surface area contributed by atoms with Crippen molar-refractivity contribution in [2.45, 2.75) is 52.6 Å². The quantitative estimate of drug-likeness (QED) is 0.852. The van der Waals surface area contributed by atoms with Crippen LogP contribution in [-0.4, -0.2) is 11.1 Å². The summed E-state index contributed by atoms with van der Waals surface area (Å²) in [5.74, 6) is 2.03. The van der Waals surface area contributed by atoms with Gasteiger partial charge in [0.05, 0.1) is 0 Å². The minimum atomic E-state index is 0.408. The van der Waals surface area contributed by atoms with E-state index in [1.165, 1.54) is 24.8 Å². The van der Waals surface area contributed by atoms with Gasteiger partial charge in [-0.2, -0.15) is 0 Å². The van der Waals surface area contributed by atoms with E-state index in [2.05, 4.69) is 32.2 Å². The molecular weight excluding hydrogens is 222 g/mol. The van der Waals surface area contributed by atoms with Crippen LogP contribution in [0.15, 0.2) is 18.2 Å². The van der Waals surface area contributed by atoms with Crippen LogP contribution >= 0.6 is 0 Å². The summed E-state index contributed by atoms with van der Waals surface area (Å²) in [7, 11) is 0. The highest BCUT2D eigenvalue weighted by Crippen LogP contribution is 2.34. The zero-order valence-electron chi connectivity index (χ0n) is 11.7. The van der Waals surface area contributed by atoms with Crippen molar-refractivity contribution in [3.63, 3.8) is 0 Å². The fraction of sp³-hybridized carbons (Fsp3) is 0.625. The van der Waals surface area contributed by atoms with Crippen molar-refractivity contribution < 1.29 is 5.11 Å². The van der Waals surface area contributed by atoms with E-state index in [4.69, 9.17) is 0 Å². The van der Waals surface area contributed by atoms with Crippen LogP contribution in [0.25, 0.3) is 0 Å². The Morgan fingerprint density at radius 2 is 2.11 bits per heavy atom. The first kappa shape index (κ1) is 13.4. The van der Waals surface area contributed by atoms with Gasteiger partial charge in [-0.15, -0.1) is 0 Å². The summed E-state index contributed by atoms with van der Waals surface area (Å²) in [5.41, 5.74) is 2.22. The second-order valence-electron chi connectivity index (χ2n) is 5.72. The number of rotatable bonds is 4. The van der Waals surface area contributed by atoms with Crippen LogP contribution < -0.4 is 5.32 Å². The molecule has 3 atom stereocenters. The van der Waals surface area contributed by atoms with Gasteiger partial charge in [0.25, 0.3) is 0 Å². The lowest BCUT2D eigenvalue weighted by molar-refractivity contribution is 0.342. The van der Waals surface area contributed by atoms with Gasteiger partial charge in [0.15, 0.2) is 0 Å². The van der Waals surface area contributed by atoms with E-state index in [-0.39, 0.29) is 0 Å². The van der Waals surface area contributed by atoms with Gasteiger partial charge < -0.3 is 10.4 Å². The topological polar surface area (TPSA) is 32.3 Å². The molecule has 100 valence electrons. The maximum atomic E-state index is 9.83. The van der Waals surface area contributed by atoms with Crippen LogP contribution in [0, 0.1) is 18.8 Å². The van der Waals surface area contributed by atoms with E-state index in [9.17, 15) is 5.11 Å². The number of benzene rings is 1. The molecule has 2 N–H and O–H groups in total. The van der Waals surface area contributed by atoms with Gasteiger partial charge in [-0.05, 0) is 37.7 Å². The Morgan fingerprint density at radius 1 is 1.33 bits per heavy atom. The second-order valence-corrected chi connectivity index (χ2v) is 5.72. The molecule has 0 bridgehead atoms. The van der Waals surface area contributed by atoms with Crippen molar-refractivity contribution in [2.24, 2.45) is 11.8 Å². The molecule has 1 aliphatic carbocycles. The van der Waals surface area contributed by atoms with Crippen LogP contribution in [0.5, 0.6) is 5.75 Å². The minimum Gasteiger partial charge on any atom is -0.508 e. The fourth-order valence-electron chi connectivity index (χ4n) is 3.21. The summed E-state index contributed by atoms with van der Waals surface area (Å²) in [6, 6.07) is 6.41. The van der Waals surface area contributed by atoms with E-state index in [0.717, 1.165) is 23.9 Å².